The number of nitrogens with one attached hydrogen (secondary N) is 2. The summed E-state index contributed by atoms with van der Waals surface area (Å²) in [7, 11) is -5.11. The Bertz CT molecular complexity index is 2970. The summed E-state index contributed by atoms with van der Waals surface area (Å²) >= 11 is 3.47. The number of aromatic nitrogens is 3. The zero-order valence-corrected chi connectivity index (χ0v) is 44.0. The number of imidazole rings is 1. The highest BCUT2D eigenvalue weighted by Crippen LogP contribution is 2.42. The van der Waals surface area contributed by atoms with Crippen molar-refractivity contribution in [3.05, 3.63) is 161 Å². The molecule has 0 radical (unpaired) electrons. The van der Waals surface area contributed by atoms with Gasteiger partial charge in [-0.25, -0.2) is 22.2 Å². The molecule has 0 saturated heterocycles. The lowest BCUT2D eigenvalue weighted by molar-refractivity contribution is -0.144. The number of rotatable bonds is 20. The predicted molar refractivity (Wildman–Crippen MR) is 278 cm³/mol. The summed E-state index contributed by atoms with van der Waals surface area (Å²) in [6, 6.07) is 35.7. The highest BCUT2D eigenvalue weighted by molar-refractivity contribution is 9.10. The number of nitrogens with zero attached hydrogens (tertiary/aromatic N) is 1. The van der Waals surface area contributed by atoms with E-state index in [2.05, 4.69) is 83.9 Å². The largest absolute Gasteiger partial charge is 0.469 e. The van der Waals surface area contributed by atoms with Crippen LogP contribution in [-0.4, -0.2) is 62.9 Å². The van der Waals surface area contributed by atoms with Crippen LogP contribution in [0.1, 0.15) is 84.5 Å². The number of aromatic amines is 2. The Labute approximate surface area is 414 Å². The van der Waals surface area contributed by atoms with Crippen LogP contribution in [0.25, 0.3) is 22.3 Å². The fourth-order valence-electron chi connectivity index (χ4n) is 9.66. The Kier molecular flexibility index (Phi) is 15.6. The van der Waals surface area contributed by atoms with Gasteiger partial charge in [-0.15, -0.1) is 0 Å². The molecule has 7 rings (SSSR count). The number of methoxy groups -OCH3 is 1. The van der Waals surface area contributed by atoms with Crippen LogP contribution in [0, 0.1) is 23.0 Å². The van der Waals surface area contributed by atoms with E-state index in [0.717, 1.165) is 26.9 Å². The summed E-state index contributed by atoms with van der Waals surface area (Å²) in [5.74, 6) is -1.53. The standard InChI is InChI=1S/C55H62BrF2N3O6SSi/c1-37(52(62)65-8)31-38-17-15-18-39(32-38)55(7,48-35-60-51(61-48)44-33-40(23-24-45(44)57)67-50-46(58)34-47-43(49(50)56)25-28-59-47)27-16-26-54(5,6)36-68(63,64)30-29-66-69(53(2,3)4,41-19-11-9-12-20-41)42-21-13-10-14-22-42/h9-15,17-25,28,32-35,37,59H,16,26-27,29-31,36H2,1-8H3,(H,60,61)/t37-,55?/m0/s1. The van der Waals surface area contributed by atoms with Gasteiger partial charge in [-0.1, -0.05) is 133 Å². The van der Waals surface area contributed by atoms with E-state index in [-0.39, 0.29) is 57.9 Å². The second kappa shape index (κ2) is 20.9. The van der Waals surface area contributed by atoms with E-state index < -0.39 is 40.6 Å². The fourth-order valence-corrected chi connectivity index (χ4v) is 16.8. The zero-order chi connectivity index (χ0) is 49.8. The Morgan fingerprint density at radius 2 is 1.51 bits per heavy atom. The molecule has 0 saturated carbocycles. The Morgan fingerprint density at radius 3 is 2.16 bits per heavy atom. The van der Waals surface area contributed by atoms with Crippen molar-refractivity contribution in [1.82, 2.24) is 15.0 Å². The van der Waals surface area contributed by atoms with Crippen molar-refractivity contribution < 1.29 is 35.9 Å². The number of benzene rings is 5. The number of hydrogen-bond donors (Lipinski definition) is 2. The van der Waals surface area contributed by atoms with Crippen molar-refractivity contribution >= 4 is 61.3 Å². The van der Waals surface area contributed by atoms with E-state index in [0.29, 0.717) is 41.4 Å². The summed E-state index contributed by atoms with van der Waals surface area (Å²) in [5.41, 5.74) is 1.90. The molecule has 7 aromatic rings. The Morgan fingerprint density at radius 1 is 0.826 bits per heavy atom. The average molecular weight is 1040 g/mol. The lowest BCUT2D eigenvalue weighted by Crippen LogP contribution is -2.66. The Balaban J connectivity index is 1.11. The summed E-state index contributed by atoms with van der Waals surface area (Å²) in [4.78, 5) is 23.6. The molecule has 0 fully saturated rings. The summed E-state index contributed by atoms with van der Waals surface area (Å²) in [6.45, 7) is 14.5. The van der Waals surface area contributed by atoms with Crippen LogP contribution in [0.3, 0.4) is 0 Å². The molecule has 2 heterocycles. The second-order valence-electron chi connectivity index (χ2n) is 20.1. The fraction of sp³-hybridized carbons (Fsp3) is 0.345. The molecule has 0 bridgehead atoms. The number of esters is 1. The molecule has 69 heavy (non-hydrogen) atoms. The minimum atomic E-state index is -3.56. The number of H-pyrrole nitrogens is 2. The average Bonchev–Trinajstić information content (AvgIpc) is 4.00. The lowest BCUT2D eigenvalue weighted by atomic mass is 9.73. The maximum atomic E-state index is 15.7. The van der Waals surface area contributed by atoms with Crippen molar-refractivity contribution in [1.29, 1.82) is 0 Å². The van der Waals surface area contributed by atoms with Crippen molar-refractivity contribution in [3.8, 4) is 22.9 Å². The van der Waals surface area contributed by atoms with E-state index in [1.807, 2.05) is 75.4 Å². The summed E-state index contributed by atoms with van der Waals surface area (Å²) < 4.78 is 77.5. The first kappa shape index (κ1) is 51.4. The number of carbonyl (C=O) groups is 1. The van der Waals surface area contributed by atoms with E-state index in [1.165, 1.54) is 31.4 Å². The van der Waals surface area contributed by atoms with Crippen molar-refractivity contribution in [3.63, 3.8) is 0 Å². The van der Waals surface area contributed by atoms with E-state index in [4.69, 9.17) is 18.9 Å². The molecule has 0 aliphatic rings. The first-order valence-electron chi connectivity index (χ1n) is 23.3. The molecule has 2 atom stereocenters. The van der Waals surface area contributed by atoms with Crippen LogP contribution in [0.5, 0.6) is 11.5 Å². The van der Waals surface area contributed by atoms with E-state index >= 15 is 8.78 Å². The topological polar surface area (TPSA) is 123 Å². The SMILES string of the molecule is COC(=O)[C@@H](C)Cc1cccc(C(C)(CCCC(C)(C)CS(=O)(=O)CCO[Si](c2ccccc2)(c2ccccc2)C(C)(C)C)c2c[nH]c(-c3cc(Oc4c(F)cc5[nH]ccc5c4Br)ccc3F)n2)c1. The van der Waals surface area contributed by atoms with Gasteiger partial charge in [-0.2, -0.15) is 0 Å². The molecule has 0 amide bonds. The number of sulfone groups is 1. The molecule has 0 spiro atoms. The van der Waals surface area contributed by atoms with Crippen LogP contribution in [-0.2, 0) is 35.6 Å². The number of fused-ring (bicyclic) bond motifs is 1. The van der Waals surface area contributed by atoms with Crippen LogP contribution in [0.15, 0.2) is 132 Å². The van der Waals surface area contributed by atoms with Crippen LogP contribution in [0.4, 0.5) is 8.78 Å². The molecular formula is C55H62BrF2N3O6SSi. The van der Waals surface area contributed by atoms with Gasteiger partial charge in [0.25, 0.3) is 8.32 Å². The number of hydrogen-bond acceptors (Lipinski definition) is 7. The number of carbonyl (C=O) groups excluding carboxylic acids is 1. The van der Waals surface area contributed by atoms with Gasteiger partial charge in [0, 0.05) is 41.4 Å². The molecule has 5 aromatic carbocycles. The van der Waals surface area contributed by atoms with Gasteiger partial charge in [0.05, 0.1) is 40.3 Å². The first-order chi connectivity index (χ1) is 32.7. The third-order valence-electron chi connectivity index (χ3n) is 13.2. The third-order valence-corrected chi connectivity index (χ3v) is 21.1. The molecule has 14 heteroatoms. The van der Waals surface area contributed by atoms with Gasteiger partial charge in [0.2, 0.25) is 0 Å². The minimum absolute atomic E-state index is 0.0223. The van der Waals surface area contributed by atoms with Crippen molar-refractivity contribution in [2.75, 3.05) is 25.2 Å². The number of halogens is 3. The normalized spacial score (nSPS) is 13.8. The predicted octanol–water partition coefficient (Wildman–Crippen LogP) is 12.2. The van der Waals surface area contributed by atoms with Gasteiger partial charge in [0.1, 0.15) is 17.4 Å². The van der Waals surface area contributed by atoms with Gasteiger partial charge < -0.3 is 23.9 Å². The smallest absolute Gasteiger partial charge is 0.308 e. The summed E-state index contributed by atoms with van der Waals surface area (Å²) in [5, 5.41) is 2.63. The van der Waals surface area contributed by atoms with E-state index in [1.54, 1.807) is 18.5 Å². The van der Waals surface area contributed by atoms with Gasteiger partial charge >= 0.3 is 5.97 Å². The molecule has 1 unspecified atom stereocenters. The molecule has 364 valence electrons. The quantitative estimate of drug-likeness (QED) is 0.0576. The molecule has 2 N–H and O–H groups in total. The van der Waals surface area contributed by atoms with Crippen LogP contribution in [0.2, 0.25) is 5.04 Å². The lowest BCUT2D eigenvalue weighted by Gasteiger charge is -2.43. The maximum Gasteiger partial charge on any atom is 0.308 e. The third kappa shape index (κ3) is 11.5. The van der Waals surface area contributed by atoms with Crippen LogP contribution >= 0.6 is 15.9 Å². The monoisotopic (exact) mass is 1040 g/mol. The molecule has 9 nitrogen and oxygen atoms in total. The van der Waals surface area contributed by atoms with Gasteiger partial charge in [0.15, 0.2) is 21.4 Å². The maximum absolute atomic E-state index is 15.7. The highest BCUT2D eigenvalue weighted by Gasteiger charge is 2.50. The zero-order valence-electron chi connectivity index (χ0n) is 40.6. The Hall–Kier alpha value is -5.41. The van der Waals surface area contributed by atoms with Crippen molar-refractivity contribution in [2.45, 2.75) is 84.6 Å². The first-order valence-corrected chi connectivity index (χ1v) is 27.8. The second-order valence-corrected chi connectivity index (χ2v) is 27.4. The van der Waals surface area contributed by atoms with E-state index in [9.17, 15) is 13.2 Å². The minimum Gasteiger partial charge on any atom is -0.469 e. The molecule has 2 aromatic heterocycles. The molecule has 0 aliphatic carbocycles. The van der Waals surface area contributed by atoms with Crippen molar-refractivity contribution in [2.24, 2.45) is 11.3 Å². The summed E-state index contributed by atoms with van der Waals surface area (Å²) in [6.07, 6.45) is 5.71. The highest BCUT2D eigenvalue weighted by atomic mass is 79.9. The van der Waals surface area contributed by atoms with Gasteiger partial charge in [-0.05, 0) is 98.3 Å². The molecular weight excluding hydrogens is 977 g/mol. The van der Waals surface area contributed by atoms with Crippen LogP contribution < -0.4 is 15.1 Å². The van der Waals surface area contributed by atoms with Gasteiger partial charge in [-0.3, -0.25) is 4.79 Å². The molecule has 0 aliphatic heterocycles. The number of ether oxygens (including phenoxy) is 2.